The lowest BCUT2D eigenvalue weighted by atomic mass is 10.0. The van der Waals surface area contributed by atoms with Crippen molar-refractivity contribution >= 4 is 28.0 Å². The average molecular weight is 363 g/mol. The minimum Gasteiger partial charge on any atom is -0.348 e. The van der Waals surface area contributed by atoms with E-state index in [0.717, 1.165) is 15.8 Å². The molecule has 4 rings (SSSR count). The molecule has 4 aromatic rings. The summed E-state index contributed by atoms with van der Waals surface area (Å²) in [4.78, 5) is 14.6. The number of tetrazole rings is 1. The molecule has 26 heavy (non-hydrogen) atoms. The Hall–Kier alpha value is -3.06. The van der Waals surface area contributed by atoms with Gasteiger partial charge in [0.1, 0.15) is 6.54 Å². The van der Waals surface area contributed by atoms with Crippen molar-refractivity contribution in [2.75, 3.05) is 0 Å². The summed E-state index contributed by atoms with van der Waals surface area (Å²) in [5, 5.41) is 19.5. The van der Waals surface area contributed by atoms with Crippen molar-refractivity contribution < 1.29 is 4.79 Å². The third-order valence-corrected chi connectivity index (χ3v) is 5.00. The predicted molar refractivity (Wildman–Crippen MR) is 102 cm³/mol. The number of rotatable bonds is 5. The smallest absolute Gasteiger partial charge is 0.244 e. The summed E-state index contributed by atoms with van der Waals surface area (Å²) in [5.41, 5.74) is 1.06. The fourth-order valence-electron chi connectivity index (χ4n) is 2.79. The van der Waals surface area contributed by atoms with Gasteiger partial charge in [-0.3, -0.25) is 4.79 Å². The lowest BCUT2D eigenvalue weighted by Crippen LogP contribution is -2.30. The van der Waals surface area contributed by atoms with Crippen molar-refractivity contribution in [3.8, 4) is 10.7 Å². The average Bonchev–Trinajstić information content (AvgIpc) is 3.32. The Bertz CT molecular complexity index is 1040. The molecular weight excluding hydrogens is 346 g/mol. The molecule has 1 atom stereocenters. The Morgan fingerprint density at radius 1 is 1.15 bits per heavy atom. The Balaban J connectivity index is 1.42. The van der Waals surface area contributed by atoms with Gasteiger partial charge in [0.05, 0.1) is 10.9 Å². The third kappa shape index (κ3) is 3.48. The summed E-state index contributed by atoms with van der Waals surface area (Å²) < 4.78 is 0. The Morgan fingerprint density at radius 2 is 2.00 bits per heavy atom. The Kier molecular flexibility index (Phi) is 4.45. The first-order valence-corrected chi connectivity index (χ1v) is 9.17. The van der Waals surface area contributed by atoms with Gasteiger partial charge in [0.25, 0.3) is 0 Å². The number of carbonyl (C=O) groups is 1. The number of benzene rings is 2. The normalized spacial score (nSPS) is 12.2. The number of amides is 1. The molecule has 0 bridgehead atoms. The molecule has 0 spiro atoms. The molecule has 7 heteroatoms. The molecule has 1 N–H and O–H groups in total. The van der Waals surface area contributed by atoms with E-state index in [0.29, 0.717) is 5.82 Å². The number of hydrogen-bond acceptors (Lipinski definition) is 5. The molecular formula is C19H17N5OS. The lowest BCUT2D eigenvalue weighted by Gasteiger charge is -2.14. The largest absolute Gasteiger partial charge is 0.348 e. The van der Waals surface area contributed by atoms with Crippen LogP contribution in [0.15, 0.2) is 60.0 Å². The maximum Gasteiger partial charge on any atom is 0.244 e. The van der Waals surface area contributed by atoms with Gasteiger partial charge >= 0.3 is 0 Å². The Morgan fingerprint density at radius 3 is 2.81 bits per heavy atom. The molecule has 0 aliphatic heterocycles. The summed E-state index contributed by atoms with van der Waals surface area (Å²) >= 11 is 1.54. The molecule has 130 valence electrons. The fraction of sp³-hybridized carbons (Fsp3) is 0.158. The molecule has 0 saturated carbocycles. The van der Waals surface area contributed by atoms with Crippen LogP contribution in [0.3, 0.4) is 0 Å². The second-order valence-electron chi connectivity index (χ2n) is 6.02. The number of hydrogen-bond donors (Lipinski definition) is 1. The number of nitrogens with one attached hydrogen (secondary N) is 1. The zero-order chi connectivity index (χ0) is 17.9. The number of thiophene rings is 1. The first-order chi connectivity index (χ1) is 12.7. The summed E-state index contributed by atoms with van der Waals surface area (Å²) in [6, 6.07) is 18.1. The lowest BCUT2D eigenvalue weighted by molar-refractivity contribution is -0.122. The summed E-state index contributed by atoms with van der Waals surface area (Å²) in [5.74, 6) is 0.385. The number of carbonyl (C=O) groups excluding carboxylic acids is 1. The van der Waals surface area contributed by atoms with Crippen LogP contribution < -0.4 is 5.32 Å². The van der Waals surface area contributed by atoms with Crippen LogP contribution in [0.5, 0.6) is 0 Å². The first kappa shape index (κ1) is 16.4. The van der Waals surface area contributed by atoms with E-state index in [-0.39, 0.29) is 18.5 Å². The minimum atomic E-state index is -0.152. The minimum absolute atomic E-state index is 0.0380. The van der Waals surface area contributed by atoms with Crippen LogP contribution in [0.4, 0.5) is 0 Å². The fourth-order valence-corrected chi connectivity index (χ4v) is 3.44. The van der Waals surface area contributed by atoms with Gasteiger partial charge in [0.15, 0.2) is 0 Å². The van der Waals surface area contributed by atoms with Crippen LogP contribution in [-0.2, 0) is 11.3 Å². The van der Waals surface area contributed by atoms with E-state index in [1.165, 1.54) is 21.5 Å². The predicted octanol–water partition coefficient (Wildman–Crippen LogP) is 3.43. The highest BCUT2D eigenvalue weighted by molar-refractivity contribution is 7.13. The van der Waals surface area contributed by atoms with Gasteiger partial charge in [-0.15, -0.1) is 21.5 Å². The van der Waals surface area contributed by atoms with E-state index >= 15 is 0 Å². The van der Waals surface area contributed by atoms with Crippen LogP contribution >= 0.6 is 11.3 Å². The van der Waals surface area contributed by atoms with E-state index in [4.69, 9.17) is 0 Å². The van der Waals surface area contributed by atoms with Crippen LogP contribution in [0.2, 0.25) is 0 Å². The van der Waals surface area contributed by atoms with Crippen LogP contribution in [0, 0.1) is 0 Å². The molecule has 0 saturated heterocycles. The number of nitrogens with zero attached hydrogens (tertiary/aromatic N) is 4. The first-order valence-electron chi connectivity index (χ1n) is 8.29. The van der Waals surface area contributed by atoms with Gasteiger partial charge in [-0.1, -0.05) is 42.5 Å². The van der Waals surface area contributed by atoms with Crippen molar-refractivity contribution in [1.82, 2.24) is 25.5 Å². The molecule has 2 aromatic carbocycles. The highest BCUT2D eigenvalue weighted by atomic mass is 32.1. The summed E-state index contributed by atoms with van der Waals surface area (Å²) in [6.45, 7) is 2.00. The van der Waals surface area contributed by atoms with E-state index in [2.05, 4.69) is 45.0 Å². The van der Waals surface area contributed by atoms with Crippen LogP contribution in [0.1, 0.15) is 18.5 Å². The SMILES string of the molecule is CC(NC(=O)Cn1nnc(-c2cccs2)n1)c1ccc2ccccc2c1. The van der Waals surface area contributed by atoms with Crippen molar-refractivity contribution in [3.05, 3.63) is 65.5 Å². The summed E-state index contributed by atoms with van der Waals surface area (Å²) in [7, 11) is 0. The van der Waals surface area contributed by atoms with Crippen molar-refractivity contribution in [2.24, 2.45) is 0 Å². The standard InChI is InChI=1S/C19H17N5OS/c1-13(15-9-8-14-5-2-3-6-16(14)11-15)20-18(25)12-24-22-19(21-23-24)17-7-4-10-26-17/h2-11,13H,12H2,1H3,(H,20,25). The van der Waals surface area contributed by atoms with Gasteiger partial charge < -0.3 is 5.32 Å². The quantitative estimate of drug-likeness (QED) is 0.590. The van der Waals surface area contributed by atoms with Gasteiger partial charge in [-0.05, 0) is 46.0 Å². The van der Waals surface area contributed by atoms with Crippen LogP contribution in [0.25, 0.3) is 21.5 Å². The maximum absolute atomic E-state index is 12.3. The second-order valence-corrected chi connectivity index (χ2v) is 6.96. The molecule has 1 amide bonds. The zero-order valence-corrected chi connectivity index (χ0v) is 15.0. The zero-order valence-electron chi connectivity index (χ0n) is 14.2. The van der Waals surface area contributed by atoms with E-state index < -0.39 is 0 Å². The van der Waals surface area contributed by atoms with Gasteiger partial charge in [0.2, 0.25) is 11.7 Å². The third-order valence-electron chi connectivity index (χ3n) is 4.13. The maximum atomic E-state index is 12.3. The molecule has 6 nitrogen and oxygen atoms in total. The second kappa shape index (κ2) is 7.05. The molecule has 2 heterocycles. The highest BCUT2D eigenvalue weighted by Gasteiger charge is 2.13. The van der Waals surface area contributed by atoms with Gasteiger partial charge in [0, 0.05) is 0 Å². The van der Waals surface area contributed by atoms with Crippen molar-refractivity contribution in [3.63, 3.8) is 0 Å². The molecule has 2 aromatic heterocycles. The number of aromatic nitrogens is 4. The topological polar surface area (TPSA) is 72.7 Å². The van der Waals surface area contributed by atoms with Gasteiger partial charge in [-0.2, -0.15) is 4.80 Å². The van der Waals surface area contributed by atoms with Crippen LogP contribution in [-0.4, -0.2) is 26.1 Å². The molecule has 0 radical (unpaired) electrons. The van der Waals surface area contributed by atoms with Gasteiger partial charge in [-0.25, -0.2) is 0 Å². The Labute approximate surface area is 154 Å². The molecule has 0 aliphatic rings. The van der Waals surface area contributed by atoms with Crippen molar-refractivity contribution in [1.29, 1.82) is 0 Å². The molecule has 1 unspecified atom stereocenters. The van der Waals surface area contributed by atoms with E-state index in [1.54, 1.807) is 0 Å². The highest BCUT2D eigenvalue weighted by Crippen LogP contribution is 2.21. The molecule has 0 fully saturated rings. The molecule has 0 aliphatic carbocycles. The number of fused-ring (bicyclic) bond motifs is 1. The monoisotopic (exact) mass is 363 g/mol. The summed E-state index contributed by atoms with van der Waals surface area (Å²) in [6.07, 6.45) is 0. The van der Waals surface area contributed by atoms with E-state index in [1.807, 2.05) is 42.6 Å². The van der Waals surface area contributed by atoms with E-state index in [9.17, 15) is 4.79 Å². The van der Waals surface area contributed by atoms with Crippen molar-refractivity contribution in [2.45, 2.75) is 19.5 Å².